The van der Waals surface area contributed by atoms with Crippen LogP contribution in [0.1, 0.15) is 61.9 Å². The number of aromatic nitrogens is 1. The molecule has 0 bridgehead atoms. The van der Waals surface area contributed by atoms with E-state index in [1.54, 1.807) is 11.5 Å². The van der Waals surface area contributed by atoms with Gasteiger partial charge in [0.15, 0.2) is 4.80 Å². The number of benzene rings is 3. The van der Waals surface area contributed by atoms with Crippen molar-refractivity contribution in [3.63, 3.8) is 0 Å². The molecule has 204 valence electrons. The van der Waals surface area contributed by atoms with Gasteiger partial charge in [0.1, 0.15) is 5.75 Å². The van der Waals surface area contributed by atoms with Crippen LogP contribution in [-0.2, 0) is 9.53 Å². The number of carbonyl (C=O) groups excluding carboxylic acids is 1. The summed E-state index contributed by atoms with van der Waals surface area (Å²) >= 11 is 1.30. The first-order valence-corrected chi connectivity index (χ1v) is 14.3. The maximum Gasteiger partial charge on any atom is 0.338 e. The minimum Gasteiger partial charge on any atom is -0.493 e. The van der Waals surface area contributed by atoms with Crippen LogP contribution in [0.4, 0.5) is 0 Å². The number of hydrogen-bond donors (Lipinski definition) is 0. The van der Waals surface area contributed by atoms with Crippen LogP contribution in [0.2, 0.25) is 0 Å². The lowest BCUT2D eigenvalue weighted by Crippen LogP contribution is -2.40. The molecule has 1 aliphatic rings. The molecular weight excluding hydrogens is 520 g/mol. The van der Waals surface area contributed by atoms with Crippen molar-refractivity contribution in [1.82, 2.24) is 4.57 Å². The van der Waals surface area contributed by atoms with Gasteiger partial charge in [0.05, 0.1) is 35.1 Å². The lowest BCUT2D eigenvalue weighted by atomic mass is 9.91. The number of carbonyl (C=O) groups is 1. The zero-order chi connectivity index (χ0) is 28.2. The summed E-state index contributed by atoms with van der Waals surface area (Å²) in [6, 6.07) is 24.6. The molecule has 0 unspecified atom stereocenters. The number of para-hydroxylation sites is 1. The topological polar surface area (TPSA) is 69.9 Å². The van der Waals surface area contributed by atoms with Crippen molar-refractivity contribution in [2.45, 2.75) is 39.7 Å². The van der Waals surface area contributed by atoms with Gasteiger partial charge in [-0.15, -0.1) is 0 Å². The molecule has 2 heterocycles. The Morgan fingerprint density at radius 1 is 0.975 bits per heavy atom. The lowest BCUT2D eigenvalue weighted by Gasteiger charge is -2.26. The summed E-state index contributed by atoms with van der Waals surface area (Å²) < 4.78 is 13.5. The van der Waals surface area contributed by atoms with E-state index < -0.39 is 12.0 Å². The molecule has 0 saturated carbocycles. The molecule has 0 fully saturated rings. The van der Waals surface area contributed by atoms with E-state index in [0.717, 1.165) is 16.7 Å². The summed E-state index contributed by atoms with van der Waals surface area (Å²) in [5.41, 5.74) is 4.22. The molecule has 7 heteroatoms. The smallest absolute Gasteiger partial charge is 0.338 e. The Morgan fingerprint density at radius 2 is 1.68 bits per heavy atom. The second-order valence-electron chi connectivity index (χ2n) is 9.72. The van der Waals surface area contributed by atoms with Crippen LogP contribution in [0.15, 0.2) is 94.2 Å². The van der Waals surface area contributed by atoms with Crippen molar-refractivity contribution in [2.75, 3.05) is 13.2 Å². The maximum absolute atomic E-state index is 14.1. The Bertz CT molecular complexity index is 1730. The Labute approximate surface area is 237 Å². The van der Waals surface area contributed by atoms with E-state index in [4.69, 9.17) is 14.5 Å². The Kier molecular flexibility index (Phi) is 8.12. The first-order valence-electron chi connectivity index (χ1n) is 13.5. The highest BCUT2D eigenvalue weighted by Gasteiger charge is 2.35. The molecule has 0 amide bonds. The summed E-state index contributed by atoms with van der Waals surface area (Å²) in [5.74, 6) is 0.564. The largest absolute Gasteiger partial charge is 0.493 e. The van der Waals surface area contributed by atoms with Gasteiger partial charge in [-0.25, -0.2) is 9.79 Å². The van der Waals surface area contributed by atoms with Gasteiger partial charge in [0.2, 0.25) is 0 Å². The molecule has 1 aromatic heterocycles. The summed E-state index contributed by atoms with van der Waals surface area (Å²) in [6.07, 6.45) is 1.84. The third-order valence-corrected chi connectivity index (χ3v) is 7.78. The highest BCUT2D eigenvalue weighted by molar-refractivity contribution is 7.07. The molecule has 0 spiro atoms. The van der Waals surface area contributed by atoms with Crippen molar-refractivity contribution < 1.29 is 14.3 Å². The Hall–Kier alpha value is -4.23. The number of fused-ring (bicyclic) bond motifs is 1. The van der Waals surface area contributed by atoms with Crippen LogP contribution in [0.5, 0.6) is 5.75 Å². The van der Waals surface area contributed by atoms with Crippen LogP contribution in [0, 0.1) is 0 Å². The Balaban J connectivity index is 1.81. The van der Waals surface area contributed by atoms with E-state index in [2.05, 4.69) is 26.0 Å². The second-order valence-corrected chi connectivity index (χ2v) is 10.7. The van der Waals surface area contributed by atoms with Gasteiger partial charge in [-0.05, 0) is 43.0 Å². The first kappa shape index (κ1) is 27.3. The number of ether oxygens (including phenoxy) is 2. The van der Waals surface area contributed by atoms with Crippen LogP contribution in [0.25, 0.3) is 11.8 Å². The van der Waals surface area contributed by atoms with Gasteiger partial charge in [0.25, 0.3) is 5.56 Å². The summed E-state index contributed by atoms with van der Waals surface area (Å²) in [6.45, 7) is 8.70. The number of thiazole rings is 1. The summed E-state index contributed by atoms with van der Waals surface area (Å²) in [5, 5.41) is 0. The van der Waals surface area contributed by atoms with Gasteiger partial charge in [-0.1, -0.05) is 98.0 Å². The second kappa shape index (κ2) is 11.9. The fourth-order valence-electron chi connectivity index (χ4n) is 4.85. The third kappa shape index (κ3) is 5.29. The maximum atomic E-state index is 14.1. The van der Waals surface area contributed by atoms with Crippen molar-refractivity contribution in [2.24, 2.45) is 4.99 Å². The monoisotopic (exact) mass is 552 g/mol. The predicted molar refractivity (Wildman–Crippen MR) is 159 cm³/mol. The molecule has 0 N–H and O–H groups in total. The van der Waals surface area contributed by atoms with Crippen molar-refractivity contribution in [3.8, 4) is 5.75 Å². The normalized spacial score (nSPS) is 15.1. The van der Waals surface area contributed by atoms with E-state index in [1.165, 1.54) is 16.9 Å². The molecule has 3 aromatic carbocycles. The zero-order valence-electron chi connectivity index (χ0n) is 23.1. The van der Waals surface area contributed by atoms with E-state index in [-0.39, 0.29) is 12.2 Å². The minimum absolute atomic E-state index is 0.210. The highest BCUT2D eigenvalue weighted by Crippen LogP contribution is 2.35. The SMILES string of the molecule is CCOC(=O)C1=C(c2ccccc2)N=c2s/c(=C\c3ccccc3OCC)c(=O)n2[C@H]1c1ccc(C(C)C)cc1. The van der Waals surface area contributed by atoms with Gasteiger partial charge in [-0.3, -0.25) is 9.36 Å². The van der Waals surface area contributed by atoms with Gasteiger partial charge < -0.3 is 9.47 Å². The summed E-state index contributed by atoms with van der Waals surface area (Å²) in [7, 11) is 0. The Morgan fingerprint density at radius 3 is 2.35 bits per heavy atom. The number of nitrogens with zero attached hydrogens (tertiary/aromatic N) is 2. The van der Waals surface area contributed by atoms with Crippen LogP contribution >= 0.6 is 11.3 Å². The predicted octanol–water partition coefficient (Wildman–Crippen LogP) is 5.46. The third-order valence-electron chi connectivity index (χ3n) is 6.80. The van der Waals surface area contributed by atoms with Crippen LogP contribution in [-0.4, -0.2) is 23.8 Å². The standard InChI is InChI=1S/C33H32N2O4S/c1-5-38-26-15-11-10-14-25(26)20-27-31(36)35-30(24-18-16-22(17-19-24)21(3)4)28(32(37)39-6-2)29(34-33(35)40-27)23-12-8-7-9-13-23/h7-21,30H,5-6H2,1-4H3/b27-20-/t30-/m0/s1. The van der Waals surface area contributed by atoms with E-state index in [9.17, 15) is 9.59 Å². The molecule has 40 heavy (non-hydrogen) atoms. The molecule has 5 rings (SSSR count). The quantitative estimate of drug-likeness (QED) is 0.272. The molecule has 1 aliphatic heterocycles. The van der Waals surface area contributed by atoms with E-state index in [0.29, 0.717) is 38.9 Å². The molecule has 6 nitrogen and oxygen atoms in total. The average molecular weight is 553 g/mol. The molecule has 0 saturated heterocycles. The molecule has 0 radical (unpaired) electrons. The van der Waals surface area contributed by atoms with Crippen LogP contribution in [0.3, 0.4) is 0 Å². The van der Waals surface area contributed by atoms with Crippen molar-refractivity contribution in [1.29, 1.82) is 0 Å². The summed E-state index contributed by atoms with van der Waals surface area (Å²) in [4.78, 5) is 33.1. The average Bonchev–Trinajstić information content (AvgIpc) is 3.28. The molecule has 1 atom stereocenters. The lowest BCUT2D eigenvalue weighted by molar-refractivity contribution is -0.138. The highest BCUT2D eigenvalue weighted by atomic mass is 32.1. The fraction of sp³-hybridized carbons (Fsp3) is 0.242. The first-order chi connectivity index (χ1) is 19.4. The minimum atomic E-state index is -0.698. The van der Waals surface area contributed by atoms with Gasteiger partial charge in [-0.2, -0.15) is 0 Å². The van der Waals surface area contributed by atoms with E-state index in [1.807, 2.05) is 79.7 Å². The zero-order valence-corrected chi connectivity index (χ0v) is 23.9. The van der Waals surface area contributed by atoms with Crippen molar-refractivity contribution >= 4 is 29.1 Å². The number of rotatable bonds is 8. The van der Waals surface area contributed by atoms with Crippen LogP contribution < -0.4 is 19.6 Å². The van der Waals surface area contributed by atoms with Gasteiger partial charge >= 0.3 is 5.97 Å². The molecule has 0 aliphatic carbocycles. The molecule has 4 aromatic rings. The molecular formula is C33H32N2O4S. The van der Waals surface area contributed by atoms with E-state index >= 15 is 0 Å². The van der Waals surface area contributed by atoms with Gasteiger partial charge in [0, 0.05) is 11.1 Å². The van der Waals surface area contributed by atoms with Crippen molar-refractivity contribution in [3.05, 3.63) is 126 Å². The number of hydrogen-bond acceptors (Lipinski definition) is 6. The fourth-order valence-corrected chi connectivity index (χ4v) is 5.84. The number of esters is 1.